The smallest absolute Gasteiger partial charge is 0.339 e. The first-order valence-corrected chi connectivity index (χ1v) is 11.9. The molecule has 0 atom stereocenters. The van der Waals surface area contributed by atoms with E-state index in [9.17, 15) is 4.79 Å². The van der Waals surface area contributed by atoms with Crippen LogP contribution in [0.3, 0.4) is 0 Å². The van der Waals surface area contributed by atoms with Gasteiger partial charge in [-0.2, -0.15) is 0 Å². The number of nitrogens with zero attached hydrogens (tertiary/aromatic N) is 1. The Hall–Kier alpha value is -3.21. The molecule has 0 radical (unpaired) electrons. The van der Waals surface area contributed by atoms with Crippen LogP contribution in [0.1, 0.15) is 51.5 Å². The first kappa shape index (κ1) is 24.4. The third-order valence-corrected chi connectivity index (χ3v) is 5.73. The predicted octanol–water partition coefficient (Wildman–Crippen LogP) is 6.66. The summed E-state index contributed by atoms with van der Waals surface area (Å²) in [5.74, 6) is 1.33. The molecule has 0 N–H and O–H groups in total. The number of unbranched alkanes of at least 4 members (excludes halogenated alkanes) is 4. The summed E-state index contributed by atoms with van der Waals surface area (Å²) in [6.07, 6.45) is 5.24. The highest BCUT2D eigenvalue weighted by Gasteiger charge is 2.10. The van der Waals surface area contributed by atoms with Crippen LogP contribution in [-0.2, 0) is 4.74 Å². The van der Waals surface area contributed by atoms with Crippen LogP contribution in [0.2, 0.25) is 0 Å². The standard InChI is InChI=1S/C28H35NO4/c1-4-29(5-2)24-16-17-26-25(20-24)27(21-28(30)33-26)32-19-13-8-6-7-12-18-31-22(3)23-14-10-9-11-15-23/h9-11,14-17,20-21H,3-8,12-13,18-19H2,1-2H3. The van der Waals surface area contributed by atoms with Crippen LogP contribution in [0.5, 0.6) is 5.75 Å². The Bertz CT molecular complexity index is 1070. The Labute approximate surface area is 196 Å². The van der Waals surface area contributed by atoms with E-state index < -0.39 is 0 Å². The summed E-state index contributed by atoms with van der Waals surface area (Å²) in [7, 11) is 0. The van der Waals surface area contributed by atoms with E-state index in [4.69, 9.17) is 13.9 Å². The Morgan fingerprint density at radius 3 is 2.33 bits per heavy atom. The van der Waals surface area contributed by atoms with Gasteiger partial charge in [0.2, 0.25) is 0 Å². The Morgan fingerprint density at radius 1 is 0.909 bits per heavy atom. The lowest BCUT2D eigenvalue weighted by molar-refractivity contribution is 0.265. The molecule has 0 bridgehead atoms. The second-order valence-electron chi connectivity index (χ2n) is 8.04. The van der Waals surface area contributed by atoms with Gasteiger partial charge in [-0.05, 0) is 44.9 Å². The number of anilines is 1. The van der Waals surface area contributed by atoms with Crippen LogP contribution in [0.4, 0.5) is 5.69 Å². The minimum atomic E-state index is -0.384. The molecule has 3 aromatic rings. The lowest BCUT2D eigenvalue weighted by Crippen LogP contribution is -2.21. The highest BCUT2D eigenvalue weighted by atomic mass is 16.5. The van der Waals surface area contributed by atoms with Gasteiger partial charge in [-0.1, -0.05) is 56.2 Å². The summed E-state index contributed by atoms with van der Waals surface area (Å²) in [4.78, 5) is 14.2. The molecular weight excluding hydrogens is 414 g/mol. The molecular formula is C28H35NO4. The monoisotopic (exact) mass is 449 g/mol. The van der Waals surface area contributed by atoms with Crippen molar-refractivity contribution < 1.29 is 13.9 Å². The van der Waals surface area contributed by atoms with E-state index in [1.165, 1.54) is 6.07 Å². The van der Waals surface area contributed by atoms with Crippen molar-refractivity contribution in [2.45, 2.75) is 46.0 Å². The minimum absolute atomic E-state index is 0.384. The second kappa shape index (κ2) is 12.7. The van der Waals surface area contributed by atoms with Crippen molar-refractivity contribution >= 4 is 22.4 Å². The zero-order chi connectivity index (χ0) is 23.5. The van der Waals surface area contributed by atoms with Crippen LogP contribution < -0.4 is 15.3 Å². The van der Waals surface area contributed by atoms with Crippen LogP contribution in [0.25, 0.3) is 16.7 Å². The van der Waals surface area contributed by atoms with Crippen molar-refractivity contribution in [2.24, 2.45) is 0 Å². The summed E-state index contributed by atoms with van der Waals surface area (Å²) < 4.78 is 17.1. The molecule has 0 aliphatic carbocycles. The number of ether oxygens (including phenoxy) is 2. The third-order valence-electron chi connectivity index (χ3n) is 5.73. The van der Waals surface area contributed by atoms with E-state index in [0.29, 0.717) is 24.5 Å². The van der Waals surface area contributed by atoms with Crippen molar-refractivity contribution in [3.8, 4) is 5.75 Å². The highest BCUT2D eigenvalue weighted by Crippen LogP contribution is 2.28. The van der Waals surface area contributed by atoms with Crippen LogP contribution in [-0.4, -0.2) is 26.3 Å². The van der Waals surface area contributed by atoms with Crippen LogP contribution >= 0.6 is 0 Å². The normalized spacial score (nSPS) is 10.8. The minimum Gasteiger partial charge on any atom is -0.494 e. The van der Waals surface area contributed by atoms with Crippen molar-refractivity contribution in [1.29, 1.82) is 0 Å². The fourth-order valence-electron chi connectivity index (χ4n) is 3.85. The van der Waals surface area contributed by atoms with Crippen LogP contribution in [0, 0.1) is 0 Å². The molecule has 176 valence electrons. The van der Waals surface area contributed by atoms with Gasteiger partial charge in [-0.3, -0.25) is 0 Å². The highest BCUT2D eigenvalue weighted by molar-refractivity contribution is 5.86. The zero-order valence-electron chi connectivity index (χ0n) is 19.8. The fraction of sp³-hybridized carbons (Fsp3) is 0.393. The lowest BCUT2D eigenvalue weighted by atomic mass is 10.1. The molecule has 0 saturated heterocycles. The lowest BCUT2D eigenvalue weighted by Gasteiger charge is -2.21. The SMILES string of the molecule is C=C(OCCCCCCCOc1cc(=O)oc2ccc(N(CC)CC)cc12)c1ccccc1. The second-order valence-corrected chi connectivity index (χ2v) is 8.04. The van der Waals surface area contributed by atoms with Crippen molar-refractivity contribution in [1.82, 2.24) is 0 Å². The van der Waals surface area contributed by atoms with Crippen molar-refractivity contribution in [3.63, 3.8) is 0 Å². The summed E-state index contributed by atoms with van der Waals surface area (Å²) in [6, 6.07) is 17.3. The summed E-state index contributed by atoms with van der Waals surface area (Å²) in [6.45, 7) is 11.3. The maximum Gasteiger partial charge on any atom is 0.339 e. The van der Waals surface area contributed by atoms with E-state index in [1.807, 2.05) is 48.5 Å². The molecule has 0 fully saturated rings. The van der Waals surface area contributed by atoms with Gasteiger partial charge >= 0.3 is 5.63 Å². The molecule has 0 saturated carbocycles. The van der Waals surface area contributed by atoms with Gasteiger partial charge < -0.3 is 18.8 Å². The first-order valence-electron chi connectivity index (χ1n) is 11.9. The van der Waals surface area contributed by atoms with Gasteiger partial charge in [-0.15, -0.1) is 0 Å². The Morgan fingerprint density at radius 2 is 1.61 bits per heavy atom. The Kier molecular flexibility index (Phi) is 9.43. The van der Waals surface area contributed by atoms with Gasteiger partial charge in [0.15, 0.2) is 0 Å². The van der Waals surface area contributed by atoms with Crippen molar-refractivity contribution in [3.05, 3.63) is 77.2 Å². The van der Waals surface area contributed by atoms with Crippen LogP contribution in [0.15, 0.2) is 70.4 Å². The van der Waals surface area contributed by atoms with Gasteiger partial charge in [0.25, 0.3) is 0 Å². The molecule has 0 spiro atoms. The van der Waals surface area contributed by atoms with E-state index >= 15 is 0 Å². The van der Waals surface area contributed by atoms with E-state index in [1.54, 1.807) is 0 Å². The Balaban J connectivity index is 1.40. The van der Waals surface area contributed by atoms with Gasteiger partial charge in [0.05, 0.1) is 24.7 Å². The topological polar surface area (TPSA) is 51.9 Å². The molecule has 1 aromatic heterocycles. The first-order chi connectivity index (χ1) is 16.1. The van der Waals surface area contributed by atoms with Gasteiger partial charge in [-0.25, -0.2) is 4.79 Å². The van der Waals surface area contributed by atoms with Crippen molar-refractivity contribution in [2.75, 3.05) is 31.2 Å². The molecule has 0 aliphatic rings. The average molecular weight is 450 g/mol. The summed E-state index contributed by atoms with van der Waals surface area (Å²) in [5, 5.41) is 0.842. The molecule has 5 heteroatoms. The largest absolute Gasteiger partial charge is 0.494 e. The quantitative estimate of drug-likeness (QED) is 0.157. The van der Waals surface area contributed by atoms with Gasteiger partial charge in [0, 0.05) is 24.3 Å². The predicted molar refractivity (Wildman–Crippen MR) is 136 cm³/mol. The molecule has 3 rings (SSSR count). The summed E-state index contributed by atoms with van der Waals surface area (Å²) >= 11 is 0. The number of fused-ring (bicyclic) bond motifs is 1. The maximum absolute atomic E-state index is 11.9. The average Bonchev–Trinajstić information content (AvgIpc) is 2.84. The zero-order valence-corrected chi connectivity index (χ0v) is 19.8. The fourth-order valence-corrected chi connectivity index (χ4v) is 3.85. The van der Waals surface area contributed by atoms with E-state index in [-0.39, 0.29) is 5.63 Å². The molecule has 0 aliphatic heterocycles. The number of hydrogen-bond donors (Lipinski definition) is 0. The number of benzene rings is 2. The van der Waals surface area contributed by atoms with E-state index in [0.717, 1.165) is 67.6 Å². The number of hydrogen-bond acceptors (Lipinski definition) is 5. The molecule has 5 nitrogen and oxygen atoms in total. The molecule has 2 aromatic carbocycles. The molecule has 0 unspecified atom stereocenters. The molecule has 0 amide bonds. The molecule has 33 heavy (non-hydrogen) atoms. The third kappa shape index (κ3) is 7.14. The van der Waals surface area contributed by atoms with E-state index in [2.05, 4.69) is 25.3 Å². The number of rotatable bonds is 14. The molecule has 1 heterocycles. The summed E-state index contributed by atoms with van der Waals surface area (Å²) in [5.41, 5.74) is 2.31. The maximum atomic E-state index is 11.9. The van der Waals surface area contributed by atoms with Gasteiger partial charge in [0.1, 0.15) is 17.1 Å².